The van der Waals surface area contributed by atoms with Crippen molar-refractivity contribution in [3.05, 3.63) is 59.9 Å². The molecular weight excluding hydrogens is 278 g/mol. The molecule has 0 aliphatic heterocycles. The molecule has 5 nitrogen and oxygen atoms in total. The normalized spacial score (nSPS) is 10.1. The fourth-order valence-electron chi connectivity index (χ4n) is 1.48. The lowest BCUT2D eigenvalue weighted by molar-refractivity contribution is 0.0951. The van der Waals surface area contributed by atoms with Crippen LogP contribution in [0.4, 0.5) is 0 Å². The zero-order chi connectivity index (χ0) is 14.4. The molecule has 1 amide bonds. The van der Waals surface area contributed by atoms with Gasteiger partial charge in [0.25, 0.3) is 5.91 Å². The number of benzene rings is 1. The average Bonchev–Trinajstić information content (AvgIpc) is 2.93. The Morgan fingerprint density at radius 2 is 2.15 bits per heavy atom. The van der Waals surface area contributed by atoms with E-state index in [4.69, 9.17) is 16.3 Å². The number of amides is 1. The number of carbonyl (C=O) groups is 1. The van der Waals surface area contributed by atoms with E-state index in [-0.39, 0.29) is 12.6 Å². The highest BCUT2D eigenvalue weighted by Gasteiger charge is 2.08. The topological polar surface area (TPSA) is 56.2 Å². The molecule has 1 aromatic heterocycles. The molecule has 0 spiro atoms. The molecule has 1 N–H and O–H groups in total. The lowest BCUT2D eigenvalue weighted by Gasteiger charge is -2.06. The molecule has 0 radical (unpaired) electrons. The van der Waals surface area contributed by atoms with Crippen molar-refractivity contribution in [1.29, 1.82) is 0 Å². The first kappa shape index (κ1) is 14.1. The molecule has 1 aromatic carbocycles. The zero-order valence-corrected chi connectivity index (χ0v) is 11.5. The van der Waals surface area contributed by atoms with E-state index in [1.54, 1.807) is 42.6 Å². The first-order valence-electron chi connectivity index (χ1n) is 6.00. The van der Waals surface area contributed by atoms with Crippen molar-refractivity contribution < 1.29 is 9.53 Å². The minimum absolute atomic E-state index is 0.219. The molecule has 0 aliphatic rings. The molecule has 104 valence electrons. The largest absolute Gasteiger partial charge is 0.471 e. The minimum atomic E-state index is -0.241. The molecule has 0 atom stereocenters. The summed E-state index contributed by atoms with van der Waals surface area (Å²) in [4.78, 5) is 11.6. The number of ether oxygens (including phenoxy) is 1. The monoisotopic (exact) mass is 291 g/mol. The average molecular weight is 292 g/mol. The van der Waals surface area contributed by atoms with Crippen LogP contribution in [0.3, 0.4) is 0 Å². The summed E-state index contributed by atoms with van der Waals surface area (Å²) in [5.41, 5.74) is 0.339. The van der Waals surface area contributed by atoms with Crippen LogP contribution >= 0.6 is 11.6 Å². The number of hydrogen-bond acceptors (Lipinski definition) is 3. The quantitative estimate of drug-likeness (QED) is 0.832. The maximum atomic E-state index is 11.6. The van der Waals surface area contributed by atoms with Crippen LogP contribution in [0.2, 0.25) is 5.02 Å². The van der Waals surface area contributed by atoms with E-state index in [9.17, 15) is 4.79 Å². The molecule has 1 heterocycles. The van der Waals surface area contributed by atoms with Crippen LogP contribution in [0.25, 0.3) is 0 Å². The third-order valence-corrected chi connectivity index (χ3v) is 2.71. The molecular formula is C14H14ClN3O2. The second-order valence-electron chi connectivity index (χ2n) is 3.97. The summed E-state index contributed by atoms with van der Waals surface area (Å²) in [7, 11) is 0. The summed E-state index contributed by atoms with van der Waals surface area (Å²) < 4.78 is 7.05. The summed E-state index contributed by atoms with van der Waals surface area (Å²) in [5, 5.41) is 7.42. The van der Waals surface area contributed by atoms with Crippen LogP contribution < -0.4 is 10.1 Å². The molecule has 2 rings (SSSR count). The Bertz CT molecular complexity index is 593. The van der Waals surface area contributed by atoms with Crippen molar-refractivity contribution in [1.82, 2.24) is 15.1 Å². The number of halogens is 1. The van der Waals surface area contributed by atoms with Gasteiger partial charge in [0.2, 0.25) is 0 Å². The van der Waals surface area contributed by atoms with Gasteiger partial charge in [-0.25, -0.2) is 4.68 Å². The fraction of sp³-hybridized carbons (Fsp3) is 0.143. The van der Waals surface area contributed by atoms with E-state index in [0.29, 0.717) is 23.0 Å². The predicted octanol–water partition coefficient (Wildman–Crippen LogP) is 2.49. The molecule has 0 aliphatic carbocycles. The van der Waals surface area contributed by atoms with Crippen molar-refractivity contribution in [3.63, 3.8) is 0 Å². The SMILES string of the molecule is C=CCNC(=O)c1ccn(COc2ccc(Cl)cc2)n1. The Labute approximate surface area is 121 Å². The van der Waals surface area contributed by atoms with Crippen molar-refractivity contribution >= 4 is 17.5 Å². The molecule has 0 unspecified atom stereocenters. The van der Waals surface area contributed by atoms with Crippen molar-refractivity contribution in [2.45, 2.75) is 6.73 Å². The summed E-state index contributed by atoms with van der Waals surface area (Å²) in [5.74, 6) is 0.442. The van der Waals surface area contributed by atoms with Gasteiger partial charge in [-0.05, 0) is 30.3 Å². The molecule has 0 saturated heterocycles. The van der Waals surface area contributed by atoms with Gasteiger partial charge in [-0.15, -0.1) is 6.58 Å². The fourth-order valence-corrected chi connectivity index (χ4v) is 1.61. The summed E-state index contributed by atoms with van der Waals surface area (Å²) >= 11 is 5.78. The smallest absolute Gasteiger partial charge is 0.272 e. The van der Waals surface area contributed by atoms with E-state index in [1.807, 2.05) is 0 Å². The Balaban J connectivity index is 1.91. The maximum Gasteiger partial charge on any atom is 0.272 e. The predicted molar refractivity (Wildman–Crippen MR) is 76.8 cm³/mol. The zero-order valence-electron chi connectivity index (χ0n) is 10.8. The van der Waals surface area contributed by atoms with E-state index in [1.165, 1.54) is 4.68 Å². The highest BCUT2D eigenvalue weighted by Crippen LogP contribution is 2.15. The van der Waals surface area contributed by atoms with E-state index >= 15 is 0 Å². The second kappa shape index (κ2) is 6.77. The number of hydrogen-bond donors (Lipinski definition) is 1. The van der Waals surface area contributed by atoms with Gasteiger partial charge < -0.3 is 10.1 Å². The minimum Gasteiger partial charge on any atom is -0.471 e. The van der Waals surface area contributed by atoms with E-state index < -0.39 is 0 Å². The standard InChI is InChI=1S/C14H14ClN3O2/c1-2-8-16-14(19)13-7-9-18(17-13)10-20-12-5-3-11(15)4-6-12/h2-7,9H,1,8,10H2,(H,16,19). The first-order chi connectivity index (χ1) is 9.69. The maximum absolute atomic E-state index is 11.6. The number of nitrogens with zero attached hydrogens (tertiary/aromatic N) is 2. The van der Waals surface area contributed by atoms with Crippen LogP contribution in [-0.2, 0) is 6.73 Å². The summed E-state index contributed by atoms with van der Waals surface area (Å²) in [6.07, 6.45) is 3.29. The third-order valence-electron chi connectivity index (χ3n) is 2.46. The van der Waals surface area contributed by atoms with Crippen molar-refractivity contribution in [2.24, 2.45) is 0 Å². The van der Waals surface area contributed by atoms with Gasteiger partial charge in [-0.2, -0.15) is 5.10 Å². The summed E-state index contributed by atoms with van der Waals surface area (Å²) in [6.45, 7) is 4.16. The highest BCUT2D eigenvalue weighted by molar-refractivity contribution is 6.30. The molecule has 2 aromatic rings. The van der Waals surface area contributed by atoms with Crippen LogP contribution in [0.1, 0.15) is 10.5 Å². The van der Waals surface area contributed by atoms with Crippen molar-refractivity contribution in [3.8, 4) is 5.75 Å². The van der Waals surface area contributed by atoms with Gasteiger partial charge in [0.1, 0.15) is 11.4 Å². The Morgan fingerprint density at radius 3 is 2.85 bits per heavy atom. The molecule has 0 bridgehead atoms. The Kier molecular flexibility index (Phi) is 4.79. The third kappa shape index (κ3) is 3.86. The number of nitrogens with one attached hydrogen (secondary N) is 1. The summed E-state index contributed by atoms with van der Waals surface area (Å²) in [6, 6.07) is 8.65. The van der Waals surface area contributed by atoms with Gasteiger partial charge in [-0.1, -0.05) is 17.7 Å². The van der Waals surface area contributed by atoms with Gasteiger partial charge in [0.05, 0.1) is 0 Å². The number of aromatic nitrogens is 2. The molecule has 0 fully saturated rings. The van der Waals surface area contributed by atoms with E-state index in [2.05, 4.69) is 17.0 Å². The van der Waals surface area contributed by atoms with Crippen LogP contribution in [0.5, 0.6) is 5.75 Å². The van der Waals surface area contributed by atoms with Crippen molar-refractivity contribution in [2.75, 3.05) is 6.54 Å². The molecule has 6 heteroatoms. The number of rotatable bonds is 6. The van der Waals surface area contributed by atoms with Gasteiger partial charge in [0, 0.05) is 17.8 Å². The Morgan fingerprint density at radius 1 is 1.40 bits per heavy atom. The lowest BCUT2D eigenvalue weighted by atomic mass is 10.3. The molecule has 20 heavy (non-hydrogen) atoms. The highest BCUT2D eigenvalue weighted by atomic mass is 35.5. The Hall–Kier alpha value is -2.27. The lowest BCUT2D eigenvalue weighted by Crippen LogP contribution is -2.24. The van der Waals surface area contributed by atoms with Gasteiger partial charge in [-0.3, -0.25) is 4.79 Å². The number of carbonyl (C=O) groups excluding carboxylic acids is 1. The van der Waals surface area contributed by atoms with E-state index in [0.717, 1.165) is 0 Å². The van der Waals surface area contributed by atoms with Gasteiger partial charge in [0.15, 0.2) is 6.73 Å². The second-order valence-corrected chi connectivity index (χ2v) is 4.40. The van der Waals surface area contributed by atoms with Crippen LogP contribution in [0.15, 0.2) is 49.2 Å². The van der Waals surface area contributed by atoms with Gasteiger partial charge >= 0.3 is 0 Å². The van der Waals surface area contributed by atoms with Crippen LogP contribution in [-0.4, -0.2) is 22.2 Å². The molecule has 0 saturated carbocycles. The first-order valence-corrected chi connectivity index (χ1v) is 6.38. The van der Waals surface area contributed by atoms with Crippen LogP contribution in [0, 0.1) is 0 Å².